The lowest BCUT2D eigenvalue weighted by Gasteiger charge is -2.17. The molecule has 1 aliphatic rings. The maximum absolute atomic E-state index is 9.08. The van der Waals surface area contributed by atoms with E-state index >= 15 is 0 Å². The molecule has 1 saturated heterocycles. The molecule has 1 heterocycles. The standard InChI is InChI=1S/C18H28O4/c1-3-4-5-6-16(11-17-18(12-19)22-17)21-13-14-7-9-15(20-2)10-8-14/h7-10,16-19H,3-6,11-13H2,1-2H3/t16-,17-,18-/m1/s1. The number of unbranched alkanes of at least 4 members (excludes halogenated alkanes) is 2. The van der Waals surface area contributed by atoms with E-state index in [-0.39, 0.29) is 24.9 Å². The molecule has 4 nitrogen and oxygen atoms in total. The lowest BCUT2D eigenvalue weighted by molar-refractivity contribution is 0.0231. The Morgan fingerprint density at radius 2 is 1.95 bits per heavy atom. The zero-order valence-electron chi connectivity index (χ0n) is 13.7. The van der Waals surface area contributed by atoms with Gasteiger partial charge in [-0.3, -0.25) is 0 Å². The van der Waals surface area contributed by atoms with Crippen molar-refractivity contribution < 1.29 is 19.3 Å². The van der Waals surface area contributed by atoms with Gasteiger partial charge in [0.05, 0.1) is 32.5 Å². The highest BCUT2D eigenvalue weighted by atomic mass is 16.6. The minimum atomic E-state index is 0.0262. The van der Waals surface area contributed by atoms with E-state index in [0.29, 0.717) is 6.61 Å². The molecule has 2 rings (SSSR count). The van der Waals surface area contributed by atoms with Crippen molar-refractivity contribution in [3.8, 4) is 5.75 Å². The number of epoxide rings is 1. The molecular weight excluding hydrogens is 280 g/mol. The van der Waals surface area contributed by atoms with Crippen LogP contribution in [0.5, 0.6) is 5.75 Å². The minimum Gasteiger partial charge on any atom is -0.497 e. The molecule has 1 N–H and O–H groups in total. The Labute approximate surface area is 133 Å². The van der Waals surface area contributed by atoms with Crippen molar-refractivity contribution in [1.82, 2.24) is 0 Å². The molecule has 0 bridgehead atoms. The summed E-state index contributed by atoms with van der Waals surface area (Å²) >= 11 is 0. The summed E-state index contributed by atoms with van der Waals surface area (Å²) < 4.78 is 16.7. The Hall–Kier alpha value is -1.10. The molecule has 0 aliphatic carbocycles. The van der Waals surface area contributed by atoms with Gasteiger partial charge in [-0.2, -0.15) is 0 Å². The van der Waals surface area contributed by atoms with Crippen molar-refractivity contribution >= 4 is 0 Å². The van der Waals surface area contributed by atoms with Crippen molar-refractivity contribution in [1.29, 1.82) is 0 Å². The van der Waals surface area contributed by atoms with E-state index in [1.807, 2.05) is 24.3 Å². The van der Waals surface area contributed by atoms with E-state index in [2.05, 4.69) is 6.92 Å². The Balaban J connectivity index is 1.79. The Morgan fingerprint density at radius 1 is 1.18 bits per heavy atom. The molecule has 1 fully saturated rings. The number of methoxy groups -OCH3 is 1. The topological polar surface area (TPSA) is 51.2 Å². The van der Waals surface area contributed by atoms with Crippen LogP contribution < -0.4 is 4.74 Å². The van der Waals surface area contributed by atoms with Gasteiger partial charge in [0, 0.05) is 6.42 Å². The molecule has 1 aromatic carbocycles. The summed E-state index contributed by atoms with van der Waals surface area (Å²) in [5.74, 6) is 0.861. The predicted molar refractivity (Wildman–Crippen MR) is 86.1 cm³/mol. The van der Waals surface area contributed by atoms with E-state index in [0.717, 1.165) is 24.2 Å². The van der Waals surface area contributed by atoms with Crippen molar-refractivity contribution in [3.63, 3.8) is 0 Å². The van der Waals surface area contributed by atoms with Crippen LogP contribution in [0, 0.1) is 0 Å². The number of aliphatic hydroxyl groups is 1. The molecule has 124 valence electrons. The maximum atomic E-state index is 9.08. The predicted octanol–water partition coefficient (Wildman–Crippen LogP) is 3.31. The van der Waals surface area contributed by atoms with Gasteiger partial charge in [0.1, 0.15) is 11.9 Å². The van der Waals surface area contributed by atoms with Gasteiger partial charge in [0.15, 0.2) is 0 Å². The zero-order chi connectivity index (χ0) is 15.8. The maximum Gasteiger partial charge on any atom is 0.118 e. The van der Waals surface area contributed by atoms with Crippen molar-refractivity contribution in [2.45, 2.75) is 63.9 Å². The van der Waals surface area contributed by atoms with Crippen LogP contribution in [-0.2, 0) is 16.1 Å². The monoisotopic (exact) mass is 308 g/mol. The highest BCUT2D eigenvalue weighted by molar-refractivity contribution is 5.26. The first-order valence-electron chi connectivity index (χ1n) is 8.27. The quantitative estimate of drug-likeness (QED) is 0.503. The molecule has 0 amide bonds. The third-order valence-electron chi connectivity index (χ3n) is 4.14. The second kappa shape index (κ2) is 9.13. The molecule has 0 radical (unpaired) electrons. The number of benzene rings is 1. The summed E-state index contributed by atoms with van der Waals surface area (Å²) in [7, 11) is 1.67. The smallest absolute Gasteiger partial charge is 0.118 e. The summed E-state index contributed by atoms with van der Waals surface area (Å²) in [6, 6.07) is 7.98. The Kier molecular flexibility index (Phi) is 7.16. The van der Waals surface area contributed by atoms with Gasteiger partial charge in [-0.25, -0.2) is 0 Å². The molecule has 0 aromatic heterocycles. The fourth-order valence-electron chi connectivity index (χ4n) is 2.63. The van der Waals surface area contributed by atoms with Crippen molar-refractivity contribution in [3.05, 3.63) is 29.8 Å². The van der Waals surface area contributed by atoms with E-state index in [1.165, 1.54) is 19.3 Å². The van der Waals surface area contributed by atoms with Gasteiger partial charge in [0.2, 0.25) is 0 Å². The molecule has 0 spiro atoms. The summed E-state index contributed by atoms with van der Waals surface area (Å²) in [6.45, 7) is 2.93. The minimum absolute atomic E-state index is 0.0262. The van der Waals surface area contributed by atoms with E-state index in [4.69, 9.17) is 19.3 Å². The van der Waals surface area contributed by atoms with Crippen molar-refractivity contribution in [2.75, 3.05) is 13.7 Å². The number of rotatable bonds is 11. The number of hydrogen-bond donors (Lipinski definition) is 1. The first-order chi connectivity index (χ1) is 10.8. The molecule has 22 heavy (non-hydrogen) atoms. The van der Waals surface area contributed by atoms with E-state index < -0.39 is 0 Å². The third kappa shape index (κ3) is 5.59. The molecule has 0 saturated carbocycles. The van der Waals surface area contributed by atoms with Gasteiger partial charge in [-0.15, -0.1) is 0 Å². The zero-order valence-corrected chi connectivity index (χ0v) is 13.7. The summed E-state index contributed by atoms with van der Waals surface area (Å²) in [4.78, 5) is 0. The van der Waals surface area contributed by atoms with Crippen LogP contribution in [0.25, 0.3) is 0 Å². The highest BCUT2D eigenvalue weighted by Crippen LogP contribution is 2.29. The Morgan fingerprint density at radius 3 is 2.55 bits per heavy atom. The van der Waals surface area contributed by atoms with Gasteiger partial charge in [0.25, 0.3) is 0 Å². The number of aliphatic hydroxyl groups excluding tert-OH is 1. The van der Waals surface area contributed by atoms with Gasteiger partial charge in [-0.1, -0.05) is 38.3 Å². The van der Waals surface area contributed by atoms with Gasteiger partial charge >= 0.3 is 0 Å². The van der Waals surface area contributed by atoms with Crippen LogP contribution in [0.4, 0.5) is 0 Å². The van der Waals surface area contributed by atoms with Gasteiger partial charge in [-0.05, 0) is 24.1 Å². The van der Waals surface area contributed by atoms with E-state index in [1.54, 1.807) is 7.11 Å². The summed E-state index contributed by atoms with van der Waals surface area (Å²) in [6.07, 6.45) is 5.97. The molecular formula is C18H28O4. The lowest BCUT2D eigenvalue weighted by atomic mass is 10.0. The highest BCUT2D eigenvalue weighted by Gasteiger charge is 2.39. The van der Waals surface area contributed by atoms with Crippen LogP contribution in [0.1, 0.15) is 44.6 Å². The average Bonchev–Trinajstić information content (AvgIpc) is 3.31. The second-order valence-corrected chi connectivity index (χ2v) is 5.91. The van der Waals surface area contributed by atoms with Crippen LogP contribution in [0.3, 0.4) is 0 Å². The second-order valence-electron chi connectivity index (χ2n) is 5.91. The largest absolute Gasteiger partial charge is 0.497 e. The van der Waals surface area contributed by atoms with Crippen LogP contribution >= 0.6 is 0 Å². The first kappa shape index (κ1) is 17.3. The molecule has 4 heteroatoms. The normalized spacial score (nSPS) is 21.6. The summed E-state index contributed by atoms with van der Waals surface area (Å²) in [5, 5.41) is 9.08. The molecule has 3 atom stereocenters. The third-order valence-corrected chi connectivity index (χ3v) is 4.14. The molecule has 1 aromatic rings. The number of ether oxygens (including phenoxy) is 3. The SMILES string of the molecule is CCCCC[C@H](C[C@H]1O[C@@H]1CO)OCc1ccc(OC)cc1. The fourth-order valence-corrected chi connectivity index (χ4v) is 2.63. The first-order valence-corrected chi connectivity index (χ1v) is 8.27. The van der Waals surface area contributed by atoms with Crippen LogP contribution in [0.2, 0.25) is 0 Å². The average molecular weight is 308 g/mol. The summed E-state index contributed by atoms with van der Waals surface area (Å²) in [5.41, 5.74) is 1.15. The Bertz CT molecular complexity index is 418. The van der Waals surface area contributed by atoms with Gasteiger partial charge < -0.3 is 19.3 Å². The van der Waals surface area contributed by atoms with Crippen LogP contribution in [-0.4, -0.2) is 37.1 Å². The fraction of sp³-hybridized carbons (Fsp3) is 0.667. The molecule has 1 aliphatic heterocycles. The van der Waals surface area contributed by atoms with Crippen LogP contribution in [0.15, 0.2) is 24.3 Å². The lowest BCUT2D eigenvalue weighted by Crippen LogP contribution is -2.17. The number of hydrogen-bond acceptors (Lipinski definition) is 4. The molecule has 0 unspecified atom stereocenters. The van der Waals surface area contributed by atoms with E-state index in [9.17, 15) is 0 Å². The van der Waals surface area contributed by atoms with Crippen molar-refractivity contribution in [2.24, 2.45) is 0 Å².